The van der Waals surface area contributed by atoms with Crippen LogP contribution in [0.2, 0.25) is 5.02 Å². The SMILES string of the molecule is C[C@H](NS(=O)(=O)c1ccc(-c2sc(-c3nnc(C(C)(C)O)o3)nc2C(=O)N2CCC(F)(F)CC2)c(Cl)c1F)C(F)(F)F. The van der Waals surface area contributed by atoms with Gasteiger partial charge in [-0.15, -0.1) is 21.5 Å². The number of thiazole rings is 1. The fraction of sp³-hybridized carbons (Fsp3) is 0.478. The van der Waals surface area contributed by atoms with Gasteiger partial charge in [0.1, 0.15) is 22.2 Å². The van der Waals surface area contributed by atoms with Crippen LogP contribution in [0.15, 0.2) is 21.4 Å². The Morgan fingerprint density at radius 1 is 1.21 bits per heavy atom. The van der Waals surface area contributed by atoms with Gasteiger partial charge in [-0.2, -0.15) is 17.9 Å². The van der Waals surface area contributed by atoms with E-state index in [9.17, 15) is 40.3 Å². The lowest BCUT2D eigenvalue weighted by Crippen LogP contribution is -2.43. The first-order valence-electron chi connectivity index (χ1n) is 12.0. The fourth-order valence-electron chi connectivity index (χ4n) is 3.76. The molecule has 1 amide bonds. The Morgan fingerprint density at radius 3 is 2.38 bits per heavy atom. The van der Waals surface area contributed by atoms with Crippen LogP contribution in [0.4, 0.5) is 26.3 Å². The number of nitrogens with one attached hydrogen (secondary N) is 1. The lowest BCUT2D eigenvalue weighted by molar-refractivity contribution is -0.147. The van der Waals surface area contributed by atoms with Crippen LogP contribution in [0.5, 0.6) is 0 Å². The number of amides is 1. The van der Waals surface area contributed by atoms with Crippen molar-refractivity contribution in [2.75, 3.05) is 13.1 Å². The lowest BCUT2D eigenvalue weighted by Gasteiger charge is -2.31. The molecule has 3 heterocycles. The maximum absolute atomic E-state index is 15.3. The molecule has 1 aliphatic rings. The van der Waals surface area contributed by atoms with Gasteiger partial charge in [0.2, 0.25) is 15.9 Å². The molecule has 1 atom stereocenters. The van der Waals surface area contributed by atoms with Gasteiger partial charge in [0.25, 0.3) is 17.7 Å². The number of nitrogens with zero attached hydrogens (tertiary/aromatic N) is 4. The van der Waals surface area contributed by atoms with Gasteiger partial charge in [-0.3, -0.25) is 4.79 Å². The number of piperidine rings is 1. The van der Waals surface area contributed by atoms with E-state index in [0.29, 0.717) is 24.3 Å². The third kappa shape index (κ3) is 6.56. The number of carbonyl (C=O) groups excluding carboxylic acids is 1. The number of hydrogen-bond acceptors (Lipinski definition) is 9. The maximum Gasteiger partial charge on any atom is 0.404 e. The van der Waals surface area contributed by atoms with Crippen molar-refractivity contribution < 1.29 is 49.1 Å². The summed E-state index contributed by atoms with van der Waals surface area (Å²) in [6, 6.07) is -0.920. The van der Waals surface area contributed by atoms with Gasteiger partial charge in [0.05, 0.1) is 9.90 Å². The highest BCUT2D eigenvalue weighted by molar-refractivity contribution is 7.89. The van der Waals surface area contributed by atoms with Crippen molar-refractivity contribution in [2.24, 2.45) is 0 Å². The summed E-state index contributed by atoms with van der Waals surface area (Å²) < 4.78 is 113. The highest BCUT2D eigenvalue weighted by Gasteiger charge is 2.41. The van der Waals surface area contributed by atoms with Crippen molar-refractivity contribution >= 4 is 38.9 Å². The third-order valence-corrected chi connectivity index (χ3v) is 9.15. The number of carbonyl (C=O) groups is 1. The first-order valence-corrected chi connectivity index (χ1v) is 14.7. The number of likely N-dealkylation sites (tertiary alicyclic amines) is 1. The van der Waals surface area contributed by atoms with E-state index in [1.807, 2.05) is 0 Å². The zero-order valence-corrected chi connectivity index (χ0v) is 24.3. The summed E-state index contributed by atoms with van der Waals surface area (Å²) in [5.41, 5.74) is -2.20. The Morgan fingerprint density at radius 2 is 1.83 bits per heavy atom. The van der Waals surface area contributed by atoms with Crippen LogP contribution < -0.4 is 4.72 Å². The average Bonchev–Trinajstić information content (AvgIpc) is 3.52. The molecule has 10 nitrogen and oxygen atoms in total. The Bertz CT molecular complexity index is 1610. The van der Waals surface area contributed by atoms with Crippen LogP contribution in [0.25, 0.3) is 21.3 Å². The molecule has 0 saturated carbocycles. The molecule has 1 fully saturated rings. The molecular formula is C23H22ClF6N5O5S2. The normalized spacial score (nSPS) is 17.0. The second-order valence-corrected chi connectivity index (χ2v) is 13.0. The number of aliphatic hydroxyl groups is 1. The number of aromatic nitrogens is 3. The van der Waals surface area contributed by atoms with E-state index >= 15 is 4.39 Å². The average molecular weight is 662 g/mol. The van der Waals surface area contributed by atoms with Gasteiger partial charge in [-0.1, -0.05) is 17.7 Å². The summed E-state index contributed by atoms with van der Waals surface area (Å²) in [5, 5.41) is 16.7. The highest BCUT2D eigenvalue weighted by atomic mass is 35.5. The van der Waals surface area contributed by atoms with Crippen LogP contribution in [0.3, 0.4) is 0 Å². The molecule has 2 N–H and O–H groups in total. The van der Waals surface area contributed by atoms with E-state index < -0.39 is 68.2 Å². The molecule has 1 aromatic carbocycles. The summed E-state index contributed by atoms with van der Waals surface area (Å²) >= 11 is 6.85. The molecule has 4 rings (SSSR count). The minimum atomic E-state index is -5.04. The van der Waals surface area contributed by atoms with Crippen LogP contribution in [-0.4, -0.2) is 70.7 Å². The summed E-state index contributed by atoms with van der Waals surface area (Å²) in [6.07, 6.45) is -6.19. The topological polar surface area (TPSA) is 139 Å². The van der Waals surface area contributed by atoms with Gasteiger partial charge in [-0.05, 0) is 26.8 Å². The van der Waals surface area contributed by atoms with Crippen LogP contribution in [0, 0.1) is 5.82 Å². The van der Waals surface area contributed by atoms with Crippen molar-refractivity contribution in [2.45, 2.75) is 62.3 Å². The smallest absolute Gasteiger partial charge is 0.404 e. The van der Waals surface area contributed by atoms with Crippen LogP contribution in [-0.2, 0) is 15.6 Å². The molecule has 42 heavy (non-hydrogen) atoms. The van der Waals surface area contributed by atoms with Crippen molar-refractivity contribution in [1.29, 1.82) is 0 Å². The van der Waals surface area contributed by atoms with Crippen LogP contribution >= 0.6 is 22.9 Å². The van der Waals surface area contributed by atoms with Crippen molar-refractivity contribution in [3.8, 4) is 21.3 Å². The minimum Gasteiger partial charge on any atom is -0.415 e. The Hall–Kier alpha value is -2.80. The van der Waals surface area contributed by atoms with Gasteiger partial charge in [-0.25, -0.2) is 26.6 Å². The Labute approximate surface area is 243 Å². The summed E-state index contributed by atoms with van der Waals surface area (Å²) in [7, 11) is -5.04. The second kappa shape index (κ2) is 11.0. The molecule has 19 heteroatoms. The molecule has 0 unspecified atom stereocenters. The molecule has 1 saturated heterocycles. The van der Waals surface area contributed by atoms with Crippen LogP contribution in [0.1, 0.15) is 50.0 Å². The monoisotopic (exact) mass is 661 g/mol. The Kier molecular flexibility index (Phi) is 8.44. The lowest BCUT2D eigenvalue weighted by atomic mass is 10.1. The largest absolute Gasteiger partial charge is 0.415 e. The summed E-state index contributed by atoms with van der Waals surface area (Å²) in [6.45, 7) is 2.59. The van der Waals surface area contributed by atoms with E-state index in [2.05, 4.69) is 15.2 Å². The number of sulfonamides is 1. The van der Waals surface area contributed by atoms with Gasteiger partial charge in [0, 0.05) is 31.5 Å². The van der Waals surface area contributed by atoms with Gasteiger partial charge < -0.3 is 14.4 Å². The maximum atomic E-state index is 15.3. The van der Waals surface area contributed by atoms with Crippen molar-refractivity contribution in [3.63, 3.8) is 0 Å². The second-order valence-electron chi connectivity index (χ2n) is 9.94. The number of hydrogen-bond donors (Lipinski definition) is 2. The zero-order valence-electron chi connectivity index (χ0n) is 21.9. The molecule has 0 spiro atoms. The number of alkyl halides is 5. The molecule has 1 aliphatic heterocycles. The third-order valence-electron chi connectivity index (χ3n) is 6.15. The molecular weight excluding hydrogens is 640 g/mol. The fourth-order valence-corrected chi connectivity index (χ4v) is 6.45. The first kappa shape index (κ1) is 32.1. The predicted octanol–water partition coefficient (Wildman–Crippen LogP) is 4.98. The van der Waals surface area contributed by atoms with Gasteiger partial charge in [0.15, 0.2) is 10.8 Å². The van der Waals surface area contributed by atoms with Crippen molar-refractivity contribution in [1.82, 2.24) is 24.8 Å². The Balaban J connectivity index is 1.80. The van der Waals surface area contributed by atoms with E-state index in [1.165, 1.54) is 18.6 Å². The van der Waals surface area contributed by atoms with E-state index in [0.717, 1.165) is 11.0 Å². The quantitative estimate of drug-likeness (QED) is 0.338. The van der Waals surface area contributed by atoms with E-state index in [1.54, 1.807) is 0 Å². The molecule has 230 valence electrons. The predicted molar refractivity (Wildman–Crippen MR) is 137 cm³/mol. The van der Waals surface area contributed by atoms with E-state index in [4.69, 9.17) is 16.0 Å². The standard InChI is InChI=1S/C23H22ClF6N5O5S2/c1-10(23(28,29)30)34-42(38,39)12-5-4-11(13(24)14(12)25)16-15(19(36)35-8-6-22(26,27)7-9-35)31-18(41-16)17-32-33-20(40-17)21(2,3)37/h4-5,10,34,37H,6-9H2,1-3H3/t10-/m0/s1. The molecule has 0 radical (unpaired) electrons. The molecule has 2 aromatic heterocycles. The molecule has 3 aromatic rings. The first-order chi connectivity index (χ1) is 19.2. The minimum absolute atomic E-state index is 0.104. The number of halogens is 7. The summed E-state index contributed by atoms with van der Waals surface area (Å²) in [5.74, 6) is -5.89. The molecule has 0 bridgehead atoms. The molecule has 0 aliphatic carbocycles. The number of rotatable bonds is 7. The van der Waals surface area contributed by atoms with E-state index in [-0.39, 0.29) is 46.0 Å². The van der Waals surface area contributed by atoms with Gasteiger partial charge >= 0.3 is 6.18 Å². The highest BCUT2D eigenvalue weighted by Crippen LogP contribution is 2.42. The zero-order chi connectivity index (χ0) is 31.4. The van der Waals surface area contributed by atoms with Crippen molar-refractivity contribution in [3.05, 3.63) is 34.6 Å². The number of benzene rings is 1. The summed E-state index contributed by atoms with van der Waals surface area (Å²) in [4.78, 5) is 17.4.